The molecule has 2 rings (SSSR count). The van der Waals surface area contributed by atoms with Gasteiger partial charge in [0, 0.05) is 17.7 Å². The molecule has 5 nitrogen and oxygen atoms in total. The second kappa shape index (κ2) is 6.86. The Hall–Kier alpha value is -2.14. The van der Waals surface area contributed by atoms with Crippen molar-refractivity contribution in [2.24, 2.45) is 5.73 Å². The summed E-state index contributed by atoms with van der Waals surface area (Å²) >= 11 is 0. The van der Waals surface area contributed by atoms with Crippen LogP contribution in [0, 0.1) is 0 Å². The van der Waals surface area contributed by atoms with Crippen LogP contribution in [0.5, 0.6) is 5.75 Å². The van der Waals surface area contributed by atoms with Crippen molar-refractivity contribution in [3.63, 3.8) is 0 Å². The van der Waals surface area contributed by atoms with Gasteiger partial charge in [0.2, 0.25) is 0 Å². The van der Waals surface area contributed by atoms with E-state index in [-0.39, 0.29) is 12.1 Å². The second-order valence-corrected chi connectivity index (χ2v) is 4.54. The van der Waals surface area contributed by atoms with Gasteiger partial charge < -0.3 is 10.5 Å². The Morgan fingerprint density at radius 2 is 2.20 bits per heavy atom. The predicted octanol–water partition coefficient (Wildman–Crippen LogP) is 2.07. The lowest BCUT2D eigenvalue weighted by molar-refractivity contribution is 0.309. The standard InChI is InChI=1S/C15H19N3O2/c1-2-3-7-20-13-6-4-5-11(8-13)14-9-12(10-16)15(19)18-17-14/h4-6,8-9H,2-3,7,10,16H2,1H3,(H,18,19). The molecule has 0 atom stereocenters. The molecule has 5 heteroatoms. The molecule has 0 aliphatic heterocycles. The third kappa shape index (κ3) is 3.45. The molecule has 2 aromatic rings. The van der Waals surface area contributed by atoms with Crippen molar-refractivity contribution in [1.82, 2.24) is 10.2 Å². The van der Waals surface area contributed by atoms with E-state index in [1.165, 1.54) is 0 Å². The predicted molar refractivity (Wildman–Crippen MR) is 78.6 cm³/mol. The molecule has 0 unspecified atom stereocenters. The number of ether oxygens (including phenoxy) is 1. The Morgan fingerprint density at radius 1 is 1.35 bits per heavy atom. The zero-order valence-electron chi connectivity index (χ0n) is 11.6. The highest BCUT2D eigenvalue weighted by Gasteiger charge is 2.05. The number of hydrogen-bond donors (Lipinski definition) is 2. The van der Waals surface area contributed by atoms with Gasteiger partial charge in [-0.1, -0.05) is 25.5 Å². The molecule has 0 fully saturated rings. The number of nitrogens with one attached hydrogen (secondary N) is 1. The molecule has 0 amide bonds. The van der Waals surface area contributed by atoms with Crippen molar-refractivity contribution in [1.29, 1.82) is 0 Å². The van der Waals surface area contributed by atoms with E-state index in [0.29, 0.717) is 17.9 Å². The highest BCUT2D eigenvalue weighted by atomic mass is 16.5. The molecule has 1 aromatic carbocycles. The van der Waals surface area contributed by atoms with Crippen LogP contribution in [0.1, 0.15) is 25.3 Å². The van der Waals surface area contributed by atoms with E-state index in [9.17, 15) is 4.79 Å². The molecule has 0 saturated carbocycles. The van der Waals surface area contributed by atoms with Crippen molar-refractivity contribution < 1.29 is 4.74 Å². The largest absolute Gasteiger partial charge is 0.494 e. The molecule has 0 radical (unpaired) electrons. The van der Waals surface area contributed by atoms with Gasteiger partial charge in [-0.2, -0.15) is 5.10 Å². The molecule has 0 saturated heterocycles. The summed E-state index contributed by atoms with van der Waals surface area (Å²) in [6, 6.07) is 9.37. The highest BCUT2D eigenvalue weighted by Crippen LogP contribution is 2.22. The van der Waals surface area contributed by atoms with Gasteiger partial charge in [-0.25, -0.2) is 5.10 Å². The summed E-state index contributed by atoms with van der Waals surface area (Å²) in [4.78, 5) is 11.5. The lowest BCUT2D eigenvalue weighted by atomic mass is 10.1. The number of nitrogens with zero attached hydrogens (tertiary/aromatic N) is 1. The first-order chi connectivity index (χ1) is 9.74. The van der Waals surface area contributed by atoms with Crippen LogP contribution in [0.15, 0.2) is 35.1 Å². The summed E-state index contributed by atoms with van der Waals surface area (Å²) in [7, 11) is 0. The van der Waals surface area contributed by atoms with Crippen molar-refractivity contribution >= 4 is 0 Å². The van der Waals surface area contributed by atoms with E-state index in [0.717, 1.165) is 24.2 Å². The minimum Gasteiger partial charge on any atom is -0.494 e. The smallest absolute Gasteiger partial charge is 0.268 e. The topological polar surface area (TPSA) is 81.0 Å². The fourth-order valence-electron chi connectivity index (χ4n) is 1.82. The normalized spacial score (nSPS) is 10.5. The molecule has 106 valence electrons. The zero-order chi connectivity index (χ0) is 14.4. The Morgan fingerprint density at radius 3 is 2.95 bits per heavy atom. The maximum Gasteiger partial charge on any atom is 0.268 e. The number of benzene rings is 1. The van der Waals surface area contributed by atoms with Gasteiger partial charge in [0.1, 0.15) is 5.75 Å². The summed E-state index contributed by atoms with van der Waals surface area (Å²) in [6.07, 6.45) is 2.12. The van der Waals surface area contributed by atoms with E-state index in [1.54, 1.807) is 6.07 Å². The number of H-pyrrole nitrogens is 1. The van der Waals surface area contributed by atoms with Crippen molar-refractivity contribution in [2.75, 3.05) is 6.61 Å². The molecule has 1 heterocycles. The Labute approximate surface area is 117 Å². The van der Waals surface area contributed by atoms with Crippen LogP contribution in [-0.4, -0.2) is 16.8 Å². The van der Waals surface area contributed by atoms with Crippen LogP contribution in [0.4, 0.5) is 0 Å². The molecule has 0 aliphatic carbocycles. The first kappa shape index (κ1) is 14.3. The maximum atomic E-state index is 11.5. The first-order valence-electron chi connectivity index (χ1n) is 6.76. The minimum atomic E-state index is -0.244. The second-order valence-electron chi connectivity index (χ2n) is 4.54. The molecular formula is C15H19N3O2. The van der Waals surface area contributed by atoms with Gasteiger partial charge >= 0.3 is 0 Å². The molecule has 0 spiro atoms. The van der Waals surface area contributed by atoms with Crippen molar-refractivity contribution in [2.45, 2.75) is 26.3 Å². The lowest BCUT2D eigenvalue weighted by Gasteiger charge is -2.07. The third-order valence-electron chi connectivity index (χ3n) is 3.00. The number of aromatic nitrogens is 2. The van der Waals surface area contributed by atoms with Crippen LogP contribution in [0.25, 0.3) is 11.3 Å². The molecule has 3 N–H and O–H groups in total. The zero-order valence-corrected chi connectivity index (χ0v) is 11.6. The van der Waals surface area contributed by atoms with E-state index in [1.807, 2.05) is 24.3 Å². The third-order valence-corrected chi connectivity index (χ3v) is 3.00. The van der Waals surface area contributed by atoms with Crippen LogP contribution in [0.3, 0.4) is 0 Å². The van der Waals surface area contributed by atoms with Gasteiger partial charge in [-0.15, -0.1) is 0 Å². The van der Waals surface area contributed by atoms with Crippen molar-refractivity contribution in [3.8, 4) is 17.0 Å². The SMILES string of the molecule is CCCCOc1cccc(-c2cc(CN)c(=O)[nH]n2)c1. The first-order valence-corrected chi connectivity index (χ1v) is 6.76. The van der Waals surface area contributed by atoms with E-state index in [4.69, 9.17) is 10.5 Å². The summed E-state index contributed by atoms with van der Waals surface area (Å²) in [6.45, 7) is 3.02. The summed E-state index contributed by atoms with van der Waals surface area (Å²) < 4.78 is 5.66. The number of unbranched alkanes of at least 4 members (excludes halogenated alkanes) is 1. The van der Waals surface area contributed by atoms with Gasteiger partial charge in [0.15, 0.2) is 0 Å². The maximum absolute atomic E-state index is 11.5. The van der Waals surface area contributed by atoms with E-state index >= 15 is 0 Å². The lowest BCUT2D eigenvalue weighted by Crippen LogP contribution is -2.17. The fourth-order valence-corrected chi connectivity index (χ4v) is 1.82. The van der Waals surface area contributed by atoms with E-state index in [2.05, 4.69) is 17.1 Å². The Bertz CT molecular complexity index is 623. The van der Waals surface area contributed by atoms with Gasteiger partial charge in [-0.3, -0.25) is 4.79 Å². The van der Waals surface area contributed by atoms with Gasteiger partial charge in [0.05, 0.1) is 12.3 Å². The molecule has 1 aromatic heterocycles. The minimum absolute atomic E-state index is 0.192. The van der Waals surface area contributed by atoms with Gasteiger partial charge in [0.25, 0.3) is 5.56 Å². The van der Waals surface area contributed by atoms with Crippen LogP contribution in [-0.2, 0) is 6.54 Å². The summed E-state index contributed by atoms with van der Waals surface area (Å²) in [5.41, 5.74) is 7.39. The molecule has 0 bridgehead atoms. The summed E-state index contributed by atoms with van der Waals surface area (Å²) in [5, 5.41) is 6.51. The number of aromatic amines is 1. The number of nitrogens with two attached hydrogens (primary N) is 1. The van der Waals surface area contributed by atoms with Crippen molar-refractivity contribution in [3.05, 3.63) is 46.2 Å². The van der Waals surface area contributed by atoms with E-state index < -0.39 is 0 Å². The fraction of sp³-hybridized carbons (Fsp3) is 0.333. The molecule has 0 aliphatic rings. The van der Waals surface area contributed by atoms with Crippen LogP contribution < -0.4 is 16.0 Å². The molecular weight excluding hydrogens is 254 g/mol. The van der Waals surface area contributed by atoms with Gasteiger partial charge in [-0.05, 0) is 24.6 Å². The quantitative estimate of drug-likeness (QED) is 0.789. The Balaban J connectivity index is 2.24. The van der Waals surface area contributed by atoms with Crippen LogP contribution >= 0.6 is 0 Å². The van der Waals surface area contributed by atoms with Crippen LogP contribution in [0.2, 0.25) is 0 Å². The number of rotatable bonds is 6. The average molecular weight is 273 g/mol. The summed E-state index contributed by atoms with van der Waals surface area (Å²) in [5.74, 6) is 0.804. The Kier molecular flexibility index (Phi) is 4.90. The number of hydrogen-bond acceptors (Lipinski definition) is 4. The highest BCUT2D eigenvalue weighted by molar-refractivity contribution is 5.61. The monoisotopic (exact) mass is 273 g/mol. The average Bonchev–Trinajstić information content (AvgIpc) is 2.48. The molecule has 20 heavy (non-hydrogen) atoms.